The van der Waals surface area contributed by atoms with Crippen molar-refractivity contribution in [3.8, 4) is 0 Å². The molecule has 7 nitrogen and oxygen atoms in total. The average Bonchev–Trinajstić information content (AvgIpc) is 3.08. The van der Waals surface area contributed by atoms with Crippen molar-refractivity contribution in [3.63, 3.8) is 0 Å². The fourth-order valence-electron chi connectivity index (χ4n) is 3.81. The number of fused-ring (bicyclic) bond motifs is 2. The van der Waals surface area contributed by atoms with Gasteiger partial charge in [0.2, 0.25) is 0 Å². The number of rotatable bonds is 4. The van der Waals surface area contributed by atoms with Crippen LogP contribution >= 0.6 is 0 Å². The minimum Gasteiger partial charge on any atom is -0.451 e. The molecule has 0 saturated carbocycles. The summed E-state index contributed by atoms with van der Waals surface area (Å²) in [5.74, 6) is -1.01. The number of hydrogen-bond acceptors (Lipinski definition) is 5. The van der Waals surface area contributed by atoms with E-state index in [1.54, 1.807) is 36.1 Å². The SMILES string of the molecule is CCn1nc(C(=O)OCC(=O)N2c3ccccc3C[C@H]2C)c2ccccc2c1=O. The third-order valence-electron chi connectivity index (χ3n) is 5.16. The molecule has 1 amide bonds. The molecular weight excluding hydrogens is 370 g/mol. The molecule has 0 unspecified atom stereocenters. The van der Waals surface area contributed by atoms with Gasteiger partial charge in [0, 0.05) is 23.7 Å². The van der Waals surface area contributed by atoms with Gasteiger partial charge in [0.25, 0.3) is 11.5 Å². The largest absolute Gasteiger partial charge is 0.451 e. The summed E-state index contributed by atoms with van der Waals surface area (Å²) in [6.45, 7) is 3.67. The average molecular weight is 391 g/mol. The van der Waals surface area contributed by atoms with E-state index in [-0.39, 0.29) is 23.2 Å². The van der Waals surface area contributed by atoms with Crippen LogP contribution in [0.2, 0.25) is 0 Å². The van der Waals surface area contributed by atoms with Gasteiger partial charge in [-0.05, 0) is 38.0 Å². The van der Waals surface area contributed by atoms with Crippen LogP contribution < -0.4 is 10.5 Å². The van der Waals surface area contributed by atoms with Crippen molar-refractivity contribution in [3.05, 3.63) is 70.1 Å². The van der Waals surface area contributed by atoms with E-state index < -0.39 is 12.6 Å². The third kappa shape index (κ3) is 3.29. The van der Waals surface area contributed by atoms with Gasteiger partial charge in [-0.3, -0.25) is 9.59 Å². The lowest BCUT2D eigenvalue weighted by Crippen LogP contribution is -2.39. The number of ether oxygens (including phenoxy) is 1. The van der Waals surface area contributed by atoms with E-state index in [0.29, 0.717) is 17.3 Å². The lowest BCUT2D eigenvalue weighted by molar-refractivity contribution is -0.122. The normalized spacial score (nSPS) is 15.4. The minimum atomic E-state index is -0.725. The molecule has 1 aromatic heterocycles. The van der Waals surface area contributed by atoms with Crippen LogP contribution in [0.3, 0.4) is 0 Å². The van der Waals surface area contributed by atoms with Gasteiger partial charge in [0.05, 0.1) is 5.39 Å². The number of amides is 1. The highest BCUT2D eigenvalue weighted by molar-refractivity contribution is 6.04. The highest BCUT2D eigenvalue weighted by atomic mass is 16.5. The molecule has 1 aliphatic heterocycles. The van der Waals surface area contributed by atoms with Gasteiger partial charge in [-0.2, -0.15) is 5.10 Å². The van der Waals surface area contributed by atoms with E-state index in [2.05, 4.69) is 5.10 Å². The maximum absolute atomic E-state index is 12.8. The fraction of sp³-hybridized carbons (Fsp3) is 0.273. The molecule has 3 aromatic rings. The molecule has 0 saturated heterocycles. The zero-order chi connectivity index (χ0) is 20.5. The number of nitrogens with zero attached hydrogens (tertiary/aromatic N) is 3. The molecule has 0 fully saturated rings. The standard InChI is InChI=1S/C22H21N3O4/c1-3-24-21(27)17-10-6-5-9-16(17)20(23-24)22(28)29-13-19(26)25-14(2)12-15-8-4-7-11-18(15)25/h4-11,14H,3,12-13H2,1-2H3/t14-/m1/s1. The number of esters is 1. The Hall–Kier alpha value is -3.48. The Labute approximate surface area is 167 Å². The second-order valence-electron chi connectivity index (χ2n) is 7.04. The topological polar surface area (TPSA) is 81.5 Å². The quantitative estimate of drug-likeness (QED) is 0.639. The molecule has 4 rings (SSSR count). The molecule has 148 valence electrons. The predicted octanol–water partition coefficient (Wildman–Crippen LogP) is 2.55. The maximum Gasteiger partial charge on any atom is 0.359 e. The number of aromatic nitrogens is 2. The van der Waals surface area contributed by atoms with E-state index in [0.717, 1.165) is 17.7 Å². The molecule has 29 heavy (non-hydrogen) atoms. The van der Waals surface area contributed by atoms with Gasteiger partial charge in [-0.1, -0.05) is 36.4 Å². The zero-order valence-corrected chi connectivity index (χ0v) is 16.3. The van der Waals surface area contributed by atoms with Crippen LogP contribution in [0, 0.1) is 0 Å². The number of carbonyl (C=O) groups is 2. The smallest absolute Gasteiger partial charge is 0.359 e. The lowest BCUT2D eigenvalue weighted by atomic mass is 10.1. The molecule has 0 N–H and O–H groups in total. The maximum atomic E-state index is 12.8. The number of para-hydroxylation sites is 1. The van der Waals surface area contributed by atoms with Crippen molar-refractivity contribution >= 4 is 28.3 Å². The Bertz CT molecular complexity index is 1170. The number of hydrogen-bond donors (Lipinski definition) is 0. The number of benzene rings is 2. The Morgan fingerprint density at radius 1 is 1.10 bits per heavy atom. The molecule has 2 heterocycles. The summed E-state index contributed by atoms with van der Waals surface area (Å²) in [4.78, 5) is 39.6. The first-order valence-corrected chi connectivity index (χ1v) is 9.58. The summed E-state index contributed by atoms with van der Waals surface area (Å²) in [5.41, 5.74) is 1.72. The van der Waals surface area contributed by atoms with Crippen molar-refractivity contribution in [2.45, 2.75) is 32.9 Å². The Kier molecular flexibility index (Phi) is 4.88. The van der Waals surface area contributed by atoms with Gasteiger partial charge < -0.3 is 9.64 Å². The van der Waals surface area contributed by atoms with Gasteiger partial charge in [-0.25, -0.2) is 9.48 Å². The predicted molar refractivity (Wildman–Crippen MR) is 109 cm³/mol. The van der Waals surface area contributed by atoms with Gasteiger partial charge in [0.1, 0.15) is 0 Å². The monoisotopic (exact) mass is 391 g/mol. The minimum absolute atomic E-state index is 0.000413. The van der Waals surface area contributed by atoms with Gasteiger partial charge in [0.15, 0.2) is 12.3 Å². The molecule has 2 aromatic carbocycles. The number of carbonyl (C=O) groups excluding carboxylic acids is 2. The highest BCUT2D eigenvalue weighted by Gasteiger charge is 2.31. The highest BCUT2D eigenvalue weighted by Crippen LogP contribution is 2.31. The summed E-state index contributed by atoms with van der Waals surface area (Å²) in [7, 11) is 0. The summed E-state index contributed by atoms with van der Waals surface area (Å²) in [6, 6.07) is 14.5. The Balaban J connectivity index is 1.57. The molecule has 0 aliphatic carbocycles. The molecule has 0 radical (unpaired) electrons. The van der Waals surface area contributed by atoms with Crippen LogP contribution in [0.1, 0.15) is 29.9 Å². The molecular formula is C22H21N3O4. The molecule has 0 bridgehead atoms. The Morgan fingerprint density at radius 3 is 2.55 bits per heavy atom. The van der Waals surface area contributed by atoms with E-state index in [4.69, 9.17) is 4.74 Å². The summed E-state index contributed by atoms with van der Waals surface area (Å²) in [5, 5.41) is 4.96. The van der Waals surface area contributed by atoms with Crippen molar-refractivity contribution < 1.29 is 14.3 Å². The third-order valence-corrected chi connectivity index (χ3v) is 5.16. The molecule has 1 atom stereocenters. The summed E-state index contributed by atoms with van der Waals surface area (Å²) in [6.07, 6.45) is 0.767. The second kappa shape index (κ2) is 7.50. The summed E-state index contributed by atoms with van der Waals surface area (Å²) < 4.78 is 6.53. The summed E-state index contributed by atoms with van der Waals surface area (Å²) >= 11 is 0. The van der Waals surface area contributed by atoms with Crippen LogP contribution in [-0.2, 0) is 22.5 Å². The van der Waals surface area contributed by atoms with Crippen molar-refractivity contribution in [1.82, 2.24) is 9.78 Å². The van der Waals surface area contributed by atoms with E-state index >= 15 is 0 Å². The first-order chi connectivity index (χ1) is 14.0. The Morgan fingerprint density at radius 2 is 1.79 bits per heavy atom. The van der Waals surface area contributed by atoms with Crippen LogP contribution in [0.15, 0.2) is 53.3 Å². The van der Waals surface area contributed by atoms with Crippen molar-refractivity contribution in [1.29, 1.82) is 0 Å². The second-order valence-corrected chi connectivity index (χ2v) is 7.04. The first kappa shape index (κ1) is 18.9. The number of aryl methyl sites for hydroxylation is 1. The van der Waals surface area contributed by atoms with Crippen molar-refractivity contribution in [2.24, 2.45) is 0 Å². The van der Waals surface area contributed by atoms with Crippen LogP contribution in [-0.4, -0.2) is 34.3 Å². The van der Waals surface area contributed by atoms with Crippen molar-refractivity contribution in [2.75, 3.05) is 11.5 Å². The number of anilines is 1. The molecule has 1 aliphatic rings. The van der Waals surface area contributed by atoms with Crippen LogP contribution in [0.5, 0.6) is 0 Å². The van der Waals surface area contributed by atoms with Gasteiger partial charge in [-0.15, -0.1) is 0 Å². The van der Waals surface area contributed by atoms with E-state index in [1.807, 2.05) is 31.2 Å². The molecule has 0 spiro atoms. The molecule has 7 heteroatoms. The lowest BCUT2D eigenvalue weighted by Gasteiger charge is -2.22. The van der Waals surface area contributed by atoms with Gasteiger partial charge >= 0.3 is 5.97 Å². The first-order valence-electron chi connectivity index (χ1n) is 9.58. The van der Waals surface area contributed by atoms with Crippen LogP contribution in [0.4, 0.5) is 5.69 Å². The van der Waals surface area contributed by atoms with E-state index in [1.165, 1.54) is 4.68 Å². The zero-order valence-electron chi connectivity index (χ0n) is 16.3. The van der Waals surface area contributed by atoms with E-state index in [9.17, 15) is 14.4 Å². The van der Waals surface area contributed by atoms with Crippen LogP contribution in [0.25, 0.3) is 10.8 Å². The fourth-order valence-corrected chi connectivity index (χ4v) is 3.81.